The highest BCUT2D eigenvalue weighted by molar-refractivity contribution is 5.91. The second kappa shape index (κ2) is 7.28. The molecule has 0 saturated heterocycles. The Hall–Kier alpha value is -3.34. The molecule has 3 rings (SSSR count). The summed E-state index contributed by atoms with van der Waals surface area (Å²) in [6, 6.07) is 15.7. The lowest BCUT2D eigenvalue weighted by Gasteiger charge is -2.09. The van der Waals surface area contributed by atoms with Gasteiger partial charge in [-0.05, 0) is 41.3 Å². The summed E-state index contributed by atoms with van der Waals surface area (Å²) in [4.78, 5) is 11.5. The van der Waals surface area contributed by atoms with Crippen molar-refractivity contribution in [3.63, 3.8) is 0 Å². The number of nitrogens with zero attached hydrogens (tertiary/aromatic N) is 2. The molecule has 120 valence electrons. The van der Waals surface area contributed by atoms with Gasteiger partial charge in [-0.2, -0.15) is 0 Å². The molecular weight excluding hydrogens is 300 g/mol. The fourth-order valence-corrected chi connectivity index (χ4v) is 2.31. The molecule has 0 amide bonds. The summed E-state index contributed by atoms with van der Waals surface area (Å²) >= 11 is 0. The molecule has 0 aliphatic rings. The summed E-state index contributed by atoms with van der Waals surface area (Å²) < 4.78 is 5.27. The van der Waals surface area contributed by atoms with Crippen molar-refractivity contribution in [2.45, 2.75) is 0 Å². The standard InChI is InChI=1S/C19H18N4O/c1-14(23-18-5-3-4-6-19(18)24-2)22-13-20-12-15-7-8-17-16(11-15)9-10-21-17/h3-13,21,23H,1H2,2H3/b20-12?,22-13-. The van der Waals surface area contributed by atoms with Gasteiger partial charge in [0.05, 0.1) is 12.8 Å². The van der Waals surface area contributed by atoms with E-state index in [2.05, 4.69) is 32.9 Å². The molecule has 0 aliphatic heterocycles. The molecule has 1 heterocycles. The van der Waals surface area contributed by atoms with Crippen molar-refractivity contribution in [2.24, 2.45) is 9.98 Å². The molecule has 0 bridgehead atoms. The maximum absolute atomic E-state index is 5.27. The third-order valence-corrected chi connectivity index (χ3v) is 3.47. The van der Waals surface area contributed by atoms with Crippen molar-refractivity contribution in [2.75, 3.05) is 12.4 Å². The smallest absolute Gasteiger partial charge is 0.142 e. The van der Waals surface area contributed by atoms with Crippen LogP contribution in [0.1, 0.15) is 5.56 Å². The van der Waals surface area contributed by atoms with E-state index < -0.39 is 0 Å². The third kappa shape index (κ3) is 3.70. The minimum atomic E-state index is 0.484. The number of ether oxygens (including phenoxy) is 1. The summed E-state index contributed by atoms with van der Waals surface area (Å²) in [5, 5.41) is 4.24. The van der Waals surface area contributed by atoms with E-state index in [1.54, 1.807) is 13.3 Å². The maximum Gasteiger partial charge on any atom is 0.142 e. The third-order valence-electron chi connectivity index (χ3n) is 3.47. The van der Waals surface area contributed by atoms with Crippen molar-refractivity contribution < 1.29 is 4.74 Å². The largest absolute Gasteiger partial charge is 0.495 e. The van der Waals surface area contributed by atoms with Crippen molar-refractivity contribution in [1.82, 2.24) is 4.98 Å². The molecule has 0 fully saturated rings. The Morgan fingerprint density at radius 1 is 1.21 bits per heavy atom. The Labute approximate surface area is 140 Å². The van der Waals surface area contributed by atoms with Gasteiger partial charge in [0.15, 0.2) is 0 Å². The minimum Gasteiger partial charge on any atom is -0.495 e. The highest BCUT2D eigenvalue weighted by atomic mass is 16.5. The number of H-pyrrole nitrogens is 1. The molecular formula is C19H18N4O. The molecule has 5 heteroatoms. The zero-order valence-corrected chi connectivity index (χ0v) is 13.4. The molecule has 0 spiro atoms. The maximum atomic E-state index is 5.27. The van der Waals surface area contributed by atoms with Crippen LogP contribution in [0.25, 0.3) is 10.9 Å². The molecule has 24 heavy (non-hydrogen) atoms. The molecule has 2 N–H and O–H groups in total. The first-order valence-corrected chi connectivity index (χ1v) is 7.48. The number of hydrogen-bond donors (Lipinski definition) is 2. The van der Waals surface area contributed by atoms with Crippen LogP contribution in [-0.2, 0) is 0 Å². The van der Waals surface area contributed by atoms with Gasteiger partial charge in [-0.15, -0.1) is 0 Å². The van der Waals surface area contributed by atoms with E-state index in [0.29, 0.717) is 5.82 Å². The number of methoxy groups -OCH3 is 1. The highest BCUT2D eigenvalue weighted by Gasteiger charge is 2.00. The van der Waals surface area contributed by atoms with E-state index in [1.165, 1.54) is 6.34 Å². The second-order valence-electron chi connectivity index (χ2n) is 5.12. The van der Waals surface area contributed by atoms with Crippen molar-refractivity contribution in [3.05, 3.63) is 72.7 Å². The molecule has 0 aliphatic carbocycles. The number of nitrogens with one attached hydrogen (secondary N) is 2. The Balaban J connectivity index is 1.61. The van der Waals surface area contributed by atoms with Crippen molar-refractivity contribution in [3.8, 4) is 5.75 Å². The van der Waals surface area contributed by atoms with Crippen LogP contribution in [0.4, 0.5) is 5.69 Å². The number of anilines is 1. The summed E-state index contributed by atoms with van der Waals surface area (Å²) in [6.07, 6.45) is 5.14. The van der Waals surface area contributed by atoms with Crippen LogP contribution in [0.5, 0.6) is 5.75 Å². The lowest BCUT2D eigenvalue weighted by Crippen LogP contribution is -1.98. The summed E-state index contributed by atoms with van der Waals surface area (Å²) in [5.41, 5.74) is 2.93. The molecule has 5 nitrogen and oxygen atoms in total. The van der Waals surface area contributed by atoms with Gasteiger partial charge < -0.3 is 15.0 Å². The number of hydrogen-bond acceptors (Lipinski definition) is 3. The van der Waals surface area contributed by atoms with Crippen molar-refractivity contribution >= 4 is 29.1 Å². The van der Waals surface area contributed by atoms with Gasteiger partial charge in [0.1, 0.15) is 17.9 Å². The van der Waals surface area contributed by atoms with Crippen LogP contribution < -0.4 is 10.1 Å². The quantitative estimate of drug-likeness (QED) is 0.528. The summed E-state index contributed by atoms with van der Waals surface area (Å²) in [6.45, 7) is 3.86. The molecule has 1 aromatic heterocycles. The average molecular weight is 318 g/mol. The minimum absolute atomic E-state index is 0.484. The van der Waals surface area contributed by atoms with Crippen LogP contribution in [0.15, 0.2) is 77.1 Å². The predicted octanol–water partition coefficient (Wildman–Crippen LogP) is 4.21. The topological polar surface area (TPSA) is 61.8 Å². The van der Waals surface area contributed by atoms with Gasteiger partial charge in [-0.25, -0.2) is 9.98 Å². The first kappa shape index (κ1) is 15.6. The van der Waals surface area contributed by atoms with E-state index in [1.807, 2.05) is 48.7 Å². The van der Waals surface area contributed by atoms with Gasteiger partial charge in [0, 0.05) is 17.9 Å². The Kier molecular flexibility index (Phi) is 4.72. The van der Waals surface area contributed by atoms with Crippen molar-refractivity contribution in [1.29, 1.82) is 0 Å². The number of aliphatic imine (C=N–C) groups is 2. The molecule has 0 unspecified atom stereocenters. The molecule has 2 aromatic carbocycles. The number of aromatic amines is 1. The van der Waals surface area contributed by atoms with E-state index in [0.717, 1.165) is 27.9 Å². The van der Waals surface area contributed by atoms with Crippen LogP contribution in [-0.4, -0.2) is 24.6 Å². The van der Waals surface area contributed by atoms with Crippen LogP contribution in [0.2, 0.25) is 0 Å². The van der Waals surface area contributed by atoms with Gasteiger partial charge >= 0.3 is 0 Å². The average Bonchev–Trinajstić information content (AvgIpc) is 3.07. The zero-order valence-electron chi connectivity index (χ0n) is 13.4. The molecule has 0 radical (unpaired) electrons. The van der Waals surface area contributed by atoms with Gasteiger partial charge in [-0.3, -0.25) is 0 Å². The lowest BCUT2D eigenvalue weighted by atomic mass is 10.2. The number of fused-ring (bicyclic) bond motifs is 1. The number of rotatable bonds is 6. The first-order valence-electron chi connectivity index (χ1n) is 7.48. The van der Waals surface area contributed by atoms with E-state index in [9.17, 15) is 0 Å². The van der Waals surface area contributed by atoms with Gasteiger partial charge in [0.2, 0.25) is 0 Å². The molecule has 3 aromatic rings. The van der Waals surface area contributed by atoms with Crippen LogP contribution in [0.3, 0.4) is 0 Å². The first-order chi connectivity index (χ1) is 11.8. The number of benzene rings is 2. The predicted molar refractivity (Wildman–Crippen MR) is 100 cm³/mol. The highest BCUT2D eigenvalue weighted by Crippen LogP contribution is 2.24. The number of aromatic nitrogens is 1. The fourth-order valence-electron chi connectivity index (χ4n) is 2.31. The van der Waals surface area contributed by atoms with E-state index >= 15 is 0 Å². The SMILES string of the molecule is C=C(/N=C\N=Cc1ccc2[nH]ccc2c1)Nc1ccccc1OC. The normalized spacial score (nSPS) is 11.4. The van der Waals surface area contributed by atoms with Crippen LogP contribution in [0, 0.1) is 0 Å². The van der Waals surface area contributed by atoms with Gasteiger partial charge in [0.25, 0.3) is 0 Å². The van der Waals surface area contributed by atoms with Crippen LogP contribution >= 0.6 is 0 Å². The zero-order chi connectivity index (χ0) is 16.8. The summed E-state index contributed by atoms with van der Waals surface area (Å²) in [5.74, 6) is 1.22. The second-order valence-corrected chi connectivity index (χ2v) is 5.12. The Morgan fingerprint density at radius 3 is 2.96 bits per heavy atom. The lowest BCUT2D eigenvalue weighted by molar-refractivity contribution is 0.416. The van der Waals surface area contributed by atoms with Gasteiger partial charge in [-0.1, -0.05) is 24.8 Å². The molecule has 0 atom stereocenters. The Bertz CT molecular complexity index is 908. The Morgan fingerprint density at radius 2 is 2.08 bits per heavy atom. The number of para-hydroxylation sites is 2. The van der Waals surface area contributed by atoms with E-state index in [-0.39, 0.29) is 0 Å². The summed E-state index contributed by atoms with van der Waals surface area (Å²) in [7, 11) is 1.62. The fraction of sp³-hybridized carbons (Fsp3) is 0.0526. The molecule has 0 saturated carbocycles. The van der Waals surface area contributed by atoms with E-state index in [4.69, 9.17) is 4.74 Å². The monoisotopic (exact) mass is 318 g/mol.